The van der Waals surface area contributed by atoms with E-state index in [4.69, 9.17) is 11.5 Å². The summed E-state index contributed by atoms with van der Waals surface area (Å²) < 4.78 is 39.4. The first-order valence-corrected chi connectivity index (χ1v) is 6.89. The van der Waals surface area contributed by atoms with Crippen LogP contribution < -0.4 is 16.2 Å². The highest BCUT2D eigenvalue weighted by molar-refractivity contribution is 7.89. The van der Waals surface area contributed by atoms with E-state index < -0.39 is 32.1 Å². The highest BCUT2D eigenvalue weighted by atomic mass is 32.2. The molecule has 0 saturated carbocycles. The molecule has 106 valence electrons. The van der Waals surface area contributed by atoms with Crippen LogP contribution in [0.2, 0.25) is 0 Å². The van der Waals surface area contributed by atoms with Crippen LogP contribution in [0.25, 0.3) is 0 Å². The van der Waals surface area contributed by atoms with E-state index in [2.05, 4.69) is 4.72 Å². The summed E-state index contributed by atoms with van der Waals surface area (Å²) in [7, 11) is -4.09. The molecule has 0 aliphatic heterocycles. The third-order valence-electron chi connectivity index (χ3n) is 2.62. The van der Waals surface area contributed by atoms with Crippen LogP contribution in [0, 0.1) is 11.2 Å². The minimum absolute atomic E-state index is 0.121. The first kappa shape index (κ1) is 15.4. The number of nitrogens with two attached hydrogens (primary N) is 2. The number of halogens is 1. The lowest BCUT2D eigenvalue weighted by Gasteiger charge is -2.20. The van der Waals surface area contributed by atoms with E-state index in [0.29, 0.717) is 0 Å². The van der Waals surface area contributed by atoms with Gasteiger partial charge in [-0.25, -0.2) is 17.5 Å². The van der Waals surface area contributed by atoms with Crippen LogP contribution in [0.1, 0.15) is 13.8 Å². The number of carbonyl (C=O) groups is 1. The zero-order chi connectivity index (χ0) is 14.8. The Kier molecular flexibility index (Phi) is 4.16. The summed E-state index contributed by atoms with van der Waals surface area (Å²) >= 11 is 0. The van der Waals surface area contributed by atoms with Crippen molar-refractivity contribution in [3.05, 3.63) is 24.0 Å². The lowest BCUT2D eigenvalue weighted by atomic mass is 9.93. The lowest BCUT2D eigenvalue weighted by molar-refractivity contribution is -0.125. The zero-order valence-electron chi connectivity index (χ0n) is 10.6. The molecular formula is C11H16FN3O3S. The number of carbonyl (C=O) groups excluding carboxylic acids is 1. The Bertz CT molecular complexity index is 599. The van der Waals surface area contributed by atoms with Crippen LogP contribution in [-0.2, 0) is 14.8 Å². The number of hydrogen-bond donors (Lipinski definition) is 3. The number of rotatable bonds is 5. The predicted octanol–water partition coefficient (Wildman–Crippen LogP) is 0.198. The summed E-state index contributed by atoms with van der Waals surface area (Å²) in [5.74, 6) is -1.58. The van der Waals surface area contributed by atoms with E-state index in [1.807, 2.05) is 0 Å². The minimum atomic E-state index is -4.09. The van der Waals surface area contributed by atoms with Crippen molar-refractivity contribution in [2.75, 3.05) is 12.3 Å². The number of benzene rings is 1. The van der Waals surface area contributed by atoms with Gasteiger partial charge in [0.05, 0.1) is 5.41 Å². The van der Waals surface area contributed by atoms with E-state index in [1.54, 1.807) is 0 Å². The Hall–Kier alpha value is -1.67. The van der Waals surface area contributed by atoms with Gasteiger partial charge in [-0.15, -0.1) is 0 Å². The molecule has 0 unspecified atom stereocenters. The average Bonchev–Trinajstić information content (AvgIpc) is 2.30. The molecular weight excluding hydrogens is 273 g/mol. The number of primary amides is 1. The van der Waals surface area contributed by atoms with Crippen molar-refractivity contribution in [3.63, 3.8) is 0 Å². The van der Waals surface area contributed by atoms with Crippen LogP contribution in [-0.4, -0.2) is 20.9 Å². The number of sulfonamides is 1. The molecule has 0 radical (unpaired) electrons. The number of amides is 1. The van der Waals surface area contributed by atoms with Gasteiger partial charge in [-0.2, -0.15) is 0 Å². The lowest BCUT2D eigenvalue weighted by Crippen LogP contribution is -2.42. The highest BCUT2D eigenvalue weighted by Gasteiger charge is 2.28. The normalized spacial score (nSPS) is 12.4. The molecule has 8 heteroatoms. The molecule has 0 atom stereocenters. The molecule has 0 heterocycles. The molecule has 0 bridgehead atoms. The van der Waals surface area contributed by atoms with Crippen molar-refractivity contribution in [2.24, 2.45) is 11.1 Å². The third kappa shape index (κ3) is 3.65. The van der Waals surface area contributed by atoms with Gasteiger partial charge in [-0.1, -0.05) is 0 Å². The first-order chi connectivity index (χ1) is 8.56. The largest absolute Gasteiger partial charge is 0.399 e. The molecule has 1 amide bonds. The van der Waals surface area contributed by atoms with Crippen molar-refractivity contribution in [1.82, 2.24) is 4.72 Å². The van der Waals surface area contributed by atoms with Crippen LogP contribution in [0.3, 0.4) is 0 Å². The third-order valence-corrected chi connectivity index (χ3v) is 4.03. The van der Waals surface area contributed by atoms with Gasteiger partial charge in [0.15, 0.2) is 0 Å². The van der Waals surface area contributed by atoms with Crippen molar-refractivity contribution in [3.8, 4) is 0 Å². The number of anilines is 1. The molecule has 0 spiro atoms. The summed E-state index contributed by atoms with van der Waals surface area (Å²) in [4.78, 5) is 10.5. The molecule has 1 rings (SSSR count). The Morgan fingerprint density at radius 1 is 1.42 bits per heavy atom. The molecule has 1 aromatic rings. The fourth-order valence-corrected chi connectivity index (χ4v) is 2.49. The predicted molar refractivity (Wildman–Crippen MR) is 69.0 cm³/mol. The van der Waals surface area contributed by atoms with Gasteiger partial charge >= 0.3 is 0 Å². The van der Waals surface area contributed by atoms with Crippen LogP contribution in [0.5, 0.6) is 0 Å². The monoisotopic (exact) mass is 289 g/mol. The Morgan fingerprint density at radius 3 is 2.53 bits per heavy atom. The molecule has 0 aromatic heterocycles. The maximum atomic E-state index is 13.5. The van der Waals surface area contributed by atoms with Crippen molar-refractivity contribution in [2.45, 2.75) is 18.7 Å². The van der Waals surface area contributed by atoms with Gasteiger partial charge in [0.2, 0.25) is 15.9 Å². The second-order valence-electron chi connectivity index (χ2n) is 4.76. The smallest absolute Gasteiger partial charge is 0.243 e. The fraction of sp³-hybridized carbons (Fsp3) is 0.364. The number of nitrogen functional groups attached to an aromatic ring is 1. The van der Waals surface area contributed by atoms with Gasteiger partial charge in [-0.3, -0.25) is 4.79 Å². The van der Waals surface area contributed by atoms with E-state index in [-0.39, 0.29) is 12.2 Å². The first-order valence-electron chi connectivity index (χ1n) is 5.41. The molecule has 19 heavy (non-hydrogen) atoms. The maximum absolute atomic E-state index is 13.5. The average molecular weight is 289 g/mol. The van der Waals surface area contributed by atoms with Crippen LogP contribution in [0.4, 0.5) is 10.1 Å². The fourth-order valence-electron chi connectivity index (χ4n) is 1.17. The molecule has 0 fully saturated rings. The maximum Gasteiger partial charge on any atom is 0.243 e. The topological polar surface area (TPSA) is 115 Å². The summed E-state index contributed by atoms with van der Waals surface area (Å²) in [6.07, 6.45) is 0. The quantitative estimate of drug-likeness (QED) is 0.671. The number of nitrogens with one attached hydrogen (secondary N) is 1. The summed E-state index contributed by atoms with van der Waals surface area (Å²) in [5.41, 5.74) is 9.59. The Morgan fingerprint density at radius 2 is 2.00 bits per heavy atom. The van der Waals surface area contributed by atoms with Crippen molar-refractivity contribution < 1.29 is 17.6 Å². The van der Waals surface area contributed by atoms with Gasteiger partial charge < -0.3 is 11.5 Å². The van der Waals surface area contributed by atoms with Crippen LogP contribution >= 0.6 is 0 Å². The molecule has 0 aliphatic rings. The van der Waals surface area contributed by atoms with Crippen LogP contribution in [0.15, 0.2) is 23.1 Å². The second kappa shape index (κ2) is 5.14. The summed E-state index contributed by atoms with van der Waals surface area (Å²) in [5, 5.41) is 0. The van der Waals surface area contributed by atoms with E-state index >= 15 is 0 Å². The molecule has 5 N–H and O–H groups in total. The van der Waals surface area contributed by atoms with Crippen molar-refractivity contribution >= 4 is 21.6 Å². The molecule has 0 saturated heterocycles. The van der Waals surface area contributed by atoms with Crippen molar-refractivity contribution in [1.29, 1.82) is 0 Å². The van der Waals surface area contributed by atoms with E-state index in [9.17, 15) is 17.6 Å². The summed E-state index contributed by atoms with van der Waals surface area (Å²) in [6, 6.07) is 3.22. The Balaban J connectivity index is 3.00. The van der Waals surface area contributed by atoms with E-state index in [1.165, 1.54) is 19.9 Å². The second-order valence-corrected chi connectivity index (χ2v) is 6.50. The summed E-state index contributed by atoms with van der Waals surface area (Å²) in [6.45, 7) is 2.72. The van der Waals surface area contributed by atoms with Gasteiger partial charge in [0.25, 0.3) is 0 Å². The number of hydrogen-bond acceptors (Lipinski definition) is 4. The molecule has 1 aromatic carbocycles. The SMILES string of the molecule is CC(C)(CNS(=O)(=O)c1cc(N)ccc1F)C(N)=O. The zero-order valence-corrected chi connectivity index (χ0v) is 11.4. The standard InChI is InChI=1S/C11H16FN3O3S/c1-11(2,10(14)16)6-15-19(17,18)9-5-7(13)3-4-8(9)12/h3-5,15H,6,13H2,1-2H3,(H2,14,16). The van der Waals surface area contributed by atoms with Gasteiger partial charge in [0, 0.05) is 12.2 Å². The Labute approximate surface area is 111 Å². The molecule has 6 nitrogen and oxygen atoms in total. The molecule has 0 aliphatic carbocycles. The van der Waals surface area contributed by atoms with Gasteiger partial charge in [-0.05, 0) is 32.0 Å². The van der Waals surface area contributed by atoms with E-state index in [0.717, 1.165) is 12.1 Å². The van der Waals surface area contributed by atoms with Gasteiger partial charge in [0.1, 0.15) is 10.7 Å². The minimum Gasteiger partial charge on any atom is -0.399 e. The highest BCUT2D eigenvalue weighted by Crippen LogP contribution is 2.19.